The average Bonchev–Trinajstić information content (AvgIpc) is 2.80. The fourth-order valence-corrected chi connectivity index (χ4v) is 3.57. The molecule has 0 heterocycles. The van der Waals surface area contributed by atoms with Crippen LogP contribution < -0.4 is 0 Å². The van der Waals surface area contributed by atoms with Crippen molar-refractivity contribution in [1.29, 1.82) is 0 Å². The zero-order chi connectivity index (χ0) is 14.3. The van der Waals surface area contributed by atoms with Gasteiger partial charge in [0.15, 0.2) is 0 Å². The molecule has 0 radical (unpaired) electrons. The predicted molar refractivity (Wildman–Crippen MR) is 83.4 cm³/mol. The first-order chi connectivity index (χ1) is 9.14. The minimum absolute atomic E-state index is 0.230. The first-order valence-corrected chi connectivity index (χ1v) is 7.68. The summed E-state index contributed by atoms with van der Waals surface area (Å²) < 4.78 is 5.30. The lowest BCUT2D eigenvalue weighted by Gasteiger charge is -2.42. The standard InChI is InChI=1S/C17H31NO/c1-6-9-16(7-2)17(11-10-15(4)14-17)18(8-3)12-13-19-5/h6-7,9,15H,8,10-14H2,1-5H3/b9-6-,16-7+. The molecule has 0 aliphatic heterocycles. The van der Waals surface area contributed by atoms with E-state index in [4.69, 9.17) is 4.74 Å². The van der Waals surface area contributed by atoms with Crippen LogP contribution in [0.5, 0.6) is 0 Å². The van der Waals surface area contributed by atoms with E-state index in [-0.39, 0.29) is 5.54 Å². The molecule has 0 spiro atoms. The first kappa shape index (κ1) is 16.5. The summed E-state index contributed by atoms with van der Waals surface area (Å²) in [5.74, 6) is 0.816. The van der Waals surface area contributed by atoms with Gasteiger partial charge in [0.05, 0.1) is 6.61 Å². The monoisotopic (exact) mass is 265 g/mol. The normalized spacial score (nSPS) is 28.7. The average molecular weight is 265 g/mol. The first-order valence-electron chi connectivity index (χ1n) is 7.68. The molecule has 2 heteroatoms. The zero-order valence-electron chi connectivity index (χ0n) is 13.4. The van der Waals surface area contributed by atoms with E-state index >= 15 is 0 Å². The zero-order valence-corrected chi connectivity index (χ0v) is 13.4. The SMILES string of the molecule is C/C=C\C(=C/C)C1(N(CC)CCOC)CCC(C)C1. The van der Waals surface area contributed by atoms with Gasteiger partial charge < -0.3 is 4.74 Å². The van der Waals surface area contributed by atoms with Crippen molar-refractivity contribution in [3.8, 4) is 0 Å². The maximum atomic E-state index is 5.30. The van der Waals surface area contributed by atoms with Gasteiger partial charge in [-0.3, -0.25) is 4.90 Å². The summed E-state index contributed by atoms with van der Waals surface area (Å²) >= 11 is 0. The van der Waals surface area contributed by atoms with E-state index in [0.29, 0.717) is 0 Å². The van der Waals surface area contributed by atoms with Gasteiger partial charge in [0, 0.05) is 19.2 Å². The Kier molecular flexibility index (Phi) is 6.81. The molecular weight excluding hydrogens is 234 g/mol. The fraction of sp³-hybridized carbons (Fsp3) is 0.765. The highest BCUT2D eigenvalue weighted by atomic mass is 16.5. The van der Waals surface area contributed by atoms with Crippen LogP contribution in [0.1, 0.15) is 47.0 Å². The highest BCUT2D eigenvalue weighted by Gasteiger charge is 2.43. The van der Waals surface area contributed by atoms with Crippen LogP contribution in [0.4, 0.5) is 0 Å². The van der Waals surface area contributed by atoms with Crippen LogP contribution in [-0.4, -0.2) is 37.2 Å². The van der Waals surface area contributed by atoms with Gasteiger partial charge in [0.25, 0.3) is 0 Å². The second-order valence-electron chi connectivity index (χ2n) is 5.70. The van der Waals surface area contributed by atoms with Crippen molar-refractivity contribution in [3.05, 3.63) is 23.8 Å². The number of methoxy groups -OCH3 is 1. The van der Waals surface area contributed by atoms with Crippen LogP contribution in [0.2, 0.25) is 0 Å². The molecule has 0 aromatic heterocycles. The van der Waals surface area contributed by atoms with Crippen molar-refractivity contribution in [2.45, 2.75) is 52.5 Å². The van der Waals surface area contributed by atoms with Gasteiger partial charge >= 0.3 is 0 Å². The number of nitrogens with zero attached hydrogens (tertiary/aromatic N) is 1. The van der Waals surface area contributed by atoms with Crippen molar-refractivity contribution >= 4 is 0 Å². The molecule has 2 unspecified atom stereocenters. The number of ether oxygens (including phenoxy) is 1. The molecule has 1 aliphatic rings. The second kappa shape index (κ2) is 7.86. The lowest BCUT2D eigenvalue weighted by molar-refractivity contribution is 0.0844. The van der Waals surface area contributed by atoms with Crippen LogP contribution >= 0.6 is 0 Å². The van der Waals surface area contributed by atoms with Gasteiger partial charge in [-0.25, -0.2) is 0 Å². The van der Waals surface area contributed by atoms with Gasteiger partial charge in [-0.05, 0) is 51.1 Å². The third-order valence-electron chi connectivity index (χ3n) is 4.48. The lowest BCUT2D eigenvalue weighted by Crippen LogP contribution is -2.49. The summed E-state index contributed by atoms with van der Waals surface area (Å²) in [6.07, 6.45) is 10.6. The number of hydrogen-bond donors (Lipinski definition) is 0. The molecule has 1 saturated carbocycles. The molecular formula is C17H31NO. The Balaban J connectivity index is 3.04. The van der Waals surface area contributed by atoms with Crippen LogP contribution in [0.15, 0.2) is 23.8 Å². The van der Waals surface area contributed by atoms with Crippen molar-refractivity contribution in [2.24, 2.45) is 5.92 Å². The van der Waals surface area contributed by atoms with Crippen LogP contribution in [0, 0.1) is 5.92 Å². The smallest absolute Gasteiger partial charge is 0.0589 e. The lowest BCUT2D eigenvalue weighted by atomic mass is 9.84. The van der Waals surface area contributed by atoms with E-state index in [9.17, 15) is 0 Å². The molecule has 110 valence electrons. The van der Waals surface area contributed by atoms with Crippen molar-refractivity contribution in [2.75, 3.05) is 26.8 Å². The van der Waals surface area contributed by atoms with Gasteiger partial charge in [-0.2, -0.15) is 0 Å². The summed E-state index contributed by atoms with van der Waals surface area (Å²) in [6.45, 7) is 11.9. The Bertz CT molecular complexity index is 321. The molecule has 0 aromatic rings. The molecule has 19 heavy (non-hydrogen) atoms. The minimum Gasteiger partial charge on any atom is -0.383 e. The van der Waals surface area contributed by atoms with Gasteiger partial charge in [-0.1, -0.05) is 32.1 Å². The van der Waals surface area contributed by atoms with Crippen LogP contribution in [0.25, 0.3) is 0 Å². The Labute approximate surface area is 119 Å². The Morgan fingerprint density at radius 2 is 2.16 bits per heavy atom. The Hall–Kier alpha value is -0.600. The van der Waals surface area contributed by atoms with E-state index in [1.165, 1.54) is 24.8 Å². The largest absolute Gasteiger partial charge is 0.383 e. The molecule has 2 atom stereocenters. The number of likely N-dealkylation sites (N-methyl/N-ethyl adjacent to an activating group) is 1. The van der Waals surface area contributed by atoms with Crippen LogP contribution in [-0.2, 0) is 4.74 Å². The molecule has 1 aliphatic carbocycles. The second-order valence-corrected chi connectivity index (χ2v) is 5.70. The van der Waals surface area contributed by atoms with Gasteiger partial charge in [0.2, 0.25) is 0 Å². The Morgan fingerprint density at radius 1 is 1.42 bits per heavy atom. The van der Waals surface area contributed by atoms with Crippen LogP contribution in [0.3, 0.4) is 0 Å². The summed E-state index contributed by atoms with van der Waals surface area (Å²) in [4.78, 5) is 2.62. The summed E-state index contributed by atoms with van der Waals surface area (Å²) in [5, 5.41) is 0. The number of rotatable bonds is 7. The van der Waals surface area contributed by atoms with E-state index in [0.717, 1.165) is 25.6 Å². The van der Waals surface area contributed by atoms with E-state index in [1.54, 1.807) is 7.11 Å². The molecule has 0 amide bonds. The van der Waals surface area contributed by atoms with E-state index in [2.05, 4.69) is 50.8 Å². The highest BCUT2D eigenvalue weighted by molar-refractivity contribution is 5.32. The Morgan fingerprint density at radius 3 is 2.58 bits per heavy atom. The minimum atomic E-state index is 0.230. The topological polar surface area (TPSA) is 12.5 Å². The molecule has 0 N–H and O–H groups in total. The number of hydrogen-bond acceptors (Lipinski definition) is 2. The highest BCUT2D eigenvalue weighted by Crippen LogP contribution is 2.44. The quantitative estimate of drug-likeness (QED) is 0.644. The van der Waals surface area contributed by atoms with Crippen molar-refractivity contribution in [3.63, 3.8) is 0 Å². The molecule has 0 bridgehead atoms. The van der Waals surface area contributed by atoms with Gasteiger partial charge in [-0.15, -0.1) is 0 Å². The summed E-state index contributed by atoms with van der Waals surface area (Å²) in [5.41, 5.74) is 1.71. The maximum Gasteiger partial charge on any atom is 0.0589 e. The molecule has 1 rings (SSSR count). The summed E-state index contributed by atoms with van der Waals surface area (Å²) in [7, 11) is 1.79. The third kappa shape index (κ3) is 3.70. The molecule has 2 nitrogen and oxygen atoms in total. The molecule has 0 saturated heterocycles. The van der Waals surface area contributed by atoms with Crippen molar-refractivity contribution < 1.29 is 4.74 Å². The summed E-state index contributed by atoms with van der Waals surface area (Å²) in [6, 6.07) is 0. The van der Waals surface area contributed by atoms with Gasteiger partial charge in [0.1, 0.15) is 0 Å². The third-order valence-corrected chi connectivity index (χ3v) is 4.48. The molecule has 0 aromatic carbocycles. The predicted octanol–water partition coefficient (Wildman–Crippen LogP) is 4.04. The van der Waals surface area contributed by atoms with E-state index in [1.807, 2.05) is 0 Å². The van der Waals surface area contributed by atoms with E-state index < -0.39 is 0 Å². The number of allylic oxidation sites excluding steroid dienone is 2. The van der Waals surface area contributed by atoms with Crippen molar-refractivity contribution in [1.82, 2.24) is 4.90 Å². The maximum absolute atomic E-state index is 5.30. The molecule has 1 fully saturated rings. The fourth-order valence-electron chi connectivity index (χ4n) is 3.57.